The number of fused-ring (bicyclic) bond motifs is 1. The van der Waals surface area contributed by atoms with Crippen LogP contribution in [0.4, 0.5) is 0 Å². The molecule has 160 valence electrons. The second-order valence-electron chi connectivity index (χ2n) is 7.21. The van der Waals surface area contributed by atoms with Crippen LogP contribution in [0.1, 0.15) is 39.8 Å². The van der Waals surface area contributed by atoms with E-state index in [1.165, 1.54) is 13.1 Å². The number of azide groups is 1. The van der Waals surface area contributed by atoms with Gasteiger partial charge in [-0.2, -0.15) is 0 Å². The van der Waals surface area contributed by atoms with Crippen molar-refractivity contribution in [1.29, 1.82) is 0 Å². The molecule has 2 fully saturated rings. The van der Waals surface area contributed by atoms with Gasteiger partial charge >= 0.3 is 13.5 Å². The van der Waals surface area contributed by atoms with Gasteiger partial charge in [0, 0.05) is 17.2 Å². The third-order valence-corrected chi connectivity index (χ3v) is 6.76. The number of hydrogen-bond acceptors (Lipinski definition) is 8. The quantitative estimate of drug-likeness (QED) is 0.302. The van der Waals surface area contributed by atoms with Gasteiger partial charge in [0.1, 0.15) is 17.7 Å². The largest absolute Gasteiger partial charge is 0.475 e. The molecule has 1 aromatic heterocycles. The molecule has 2 aliphatic rings. The number of H-pyrrole nitrogens is 1. The van der Waals surface area contributed by atoms with Crippen molar-refractivity contribution in [3.05, 3.63) is 43.5 Å². The van der Waals surface area contributed by atoms with Crippen LogP contribution in [0.15, 0.2) is 27.0 Å². The van der Waals surface area contributed by atoms with E-state index in [0.29, 0.717) is 0 Å². The van der Waals surface area contributed by atoms with Crippen molar-refractivity contribution in [2.24, 2.45) is 11.0 Å². The van der Waals surface area contributed by atoms with E-state index in [1.54, 1.807) is 0 Å². The van der Waals surface area contributed by atoms with E-state index >= 15 is 0 Å². The minimum Gasteiger partial charge on any atom is -0.349 e. The molecule has 1 aromatic rings. The Morgan fingerprint density at radius 2 is 2.21 bits per heavy atom. The molecule has 29 heavy (non-hydrogen) atoms. The van der Waals surface area contributed by atoms with Crippen molar-refractivity contribution in [1.82, 2.24) is 9.55 Å². The van der Waals surface area contributed by atoms with E-state index in [9.17, 15) is 14.2 Å². The van der Waals surface area contributed by atoms with Crippen LogP contribution < -0.4 is 11.2 Å². The third kappa shape index (κ3) is 4.18. The lowest BCUT2D eigenvalue weighted by Gasteiger charge is -2.35. The first-order chi connectivity index (χ1) is 13.8. The zero-order chi connectivity index (χ0) is 21.2. The van der Waals surface area contributed by atoms with E-state index in [0.717, 1.165) is 23.5 Å². The fourth-order valence-electron chi connectivity index (χ4n) is 3.48. The summed E-state index contributed by atoms with van der Waals surface area (Å²) in [5, 5.41) is 3.80. The predicted octanol–water partition coefficient (Wildman–Crippen LogP) is 2.48. The standard InChI is InChI=1S/C16H24N5O7P/c1-4-10(5-2)8-25-29(24)26-9-11-13(28-29)16(3,19-20-17)14(27-11)21-7-6-12(22)18-15(21)23/h6-7,10-11,13-14H,4-5,8-9H2,1-3H3,(H,18,22,23)/t11-,13-,14-,16-,29+/m1/s1. The van der Waals surface area contributed by atoms with E-state index in [-0.39, 0.29) is 19.1 Å². The molecular formula is C16H24N5O7P. The van der Waals surface area contributed by atoms with Crippen molar-refractivity contribution < 1.29 is 22.9 Å². The number of nitrogens with one attached hydrogen (secondary N) is 1. The summed E-state index contributed by atoms with van der Waals surface area (Å²) in [7, 11) is -3.91. The molecule has 3 rings (SSSR count). The normalized spacial score (nSPS) is 34.0. The SMILES string of the molecule is CCC(CC)CO[P@@]1(=O)OC[C@H]2O[C@@H](n3ccc(=O)[nH]c3=O)[C@](C)(N=[N+]=[N-])[C@@H]2O1. The maximum atomic E-state index is 13.0. The molecule has 0 unspecified atom stereocenters. The fourth-order valence-corrected chi connectivity index (χ4v) is 5.02. The van der Waals surface area contributed by atoms with Gasteiger partial charge in [0.15, 0.2) is 6.23 Å². The summed E-state index contributed by atoms with van der Waals surface area (Å²) in [6.07, 6.45) is 0.0837. The van der Waals surface area contributed by atoms with Crippen LogP contribution in [-0.4, -0.2) is 40.5 Å². The summed E-state index contributed by atoms with van der Waals surface area (Å²) in [6, 6.07) is 1.14. The molecule has 0 aromatic carbocycles. The highest BCUT2D eigenvalue weighted by Gasteiger charge is 2.60. The highest BCUT2D eigenvalue weighted by atomic mass is 31.2. The number of hydrogen-bond donors (Lipinski definition) is 1. The molecule has 0 spiro atoms. The number of rotatable bonds is 7. The minimum absolute atomic E-state index is 0.129. The highest BCUT2D eigenvalue weighted by Crippen LogP contribution is 2.59. The van der Waals surface area contributed by atoms with Gasteiger partial charge in [-0.05, 0) is 18.4 Å². The molecule has 2 saturated heterocycles. The van der Waals surface area contributed by atoms with Gasteiger partial charge in [0.05, 0.1) is 13.2 Å². The van der Waals surface area contributed by atoms with Crippen LogP contribution in [0, 0.1) is 5.92 Å². The van der Waals surface area contributed by atoms with Gasteiger partial charge in [-0.25, -0.2) is 9.36 Å². The van der Waals surface area contributed by atoms with Crippen molar-refractivity contribution in [2.75, 3.05) is 13.2 Å². The lowest BCUT2D eigenvalue weighted by atomic mass is 9.93. The average Bonchev–Trinajstić information content (AvgIpc) is 2.95. The summed E-state index contributed by atoms with van der Waals surface area (Å²) < 4.78 is 36.4. The van der Waals surface area contributed by atoms with E-state index in [4.69, 9.17) is 23.8 Å². The minimum atomic E-state index is -3.91. The van der Waals surface area contributed by atoms with Crippen molar-refractivity contribution in [3.63, 3.8) is 0 Å². The summed E-state index contributed by atoms with van der Waals surface area (Å²) in [5.74, 6) is 0.196. The van der Waals surface area contributed by atoms with E-state index < -0.39 is 43.0 Å². The van der Waals surface area contributed by atoms with E-state index in [2.05, 4.69) is 15.0 Å². The van der Waals surface area contributed by atoms with Crippen LogP contribution in [0.2, 0.25) is 0 Å². The number of phosphoric acid groups is 1. The van der Waals surface area contributed by atoms with Crippen molar-refractivity contribution in [2.45, 2.75) is 57.6 Å². The Morgan fingerprint density at radius 1 is 1.48 bits per heavy atom. The molecule has 5 atom stereocenters. The van der Waals surface area contributed by atoms with Crippen LogP contribution in [0.25, 0.3) is 10.4 Å². The second kappa shape index (κ2) is 8.43. The number of nitrogens with zero attached hydrogens (tertiary/aromatic N) is 4. The Kier molecular flexibility index (Phi) is 6.33. The molecule has 13 heteroatoms. The molecule has 0 amide bonds. The van der Waals surface area contributed by atoms with Gasteiger partial charge in [0.25, 0.3) is 5.56 Å². The van der Waals surface area contributed by atoms with Gasteiger partial charge in [-0.1, -0.05) is 31.8 Å². The first-order valence-electron chi connectivity index (χ1n) is 9.37. The molecule has 12 nitrogen and oxygen atoms in total. The monoisotopic (exact) mass is 429 g/mol. The van der Waals surface area contributed by atoms with Crippen LogP contribution in [0.5, 0.6) is 0 Å². The van der Waals surface area contributed by atoms with E-state index in [1.807, 2.05) is 13.8 Å². The smallest absolute Gasteiger partial charge is 0.349 e. The topological polar surface area (TPSA) is 158 Å². The maximum Gasteiger partial charge on any atom is 0.475 e. The fraction of sp³-hybridized carbons (Fsp3) is 0.750. The summed E-state index contributed by atoms with van der Waals surface area (Å²) in [6.45, 7) is 5.60. The Bertz CT molecular complexity index is 953. The molecule has 0 bridgehead atoms. The van der Waals surface area contributed by atoms with Crippen LogP contribution in [-0.2, 0) is 22.9 Å². The molecule has 1 N–H and O–H groups in total. The Balaban J connectivity index is 1.90. The van der Waals surface area contributed by atoms with Crippen LogP contribution in [0.3, 0.4) is 0 Å². The Labute approximate surface area is 166 Å². The Morgan fingerprint density at radius 3 is 2.83 bits per heavy atom. The number of phosphoric ester groups is 1. The maximum absolute atomic E-state index is 13.0. The van der Waals surface area contributed by atoms with Crippen molar-refractivity contribution >= 4 is 7.82 Å². The molecule has 2 aliphatic heterocycles. The molecule has 0 saturated carbocycles. The van der Waals surface area contributed by atoms with Gasteiger partial charge < -0.3 is 4.74 Å². The third-order valence-electron chi connectivity index (χ3n) is 5.34. The highest BCUT2D eigenvalue weighted by molar-refractivity contribution is 7.48. The second-order valence-corrected chi connectivity index (χ2v) is 8.83. The van der Waals surface area contributed by atoms with Crippen molar-refractivity contribution in [3.8, 4) is 0 Å². The number of aromatic amines is 1. The lowest BCUT2D eigenvalue weighted by Crippen LogP contribution is -2.48. The zero-order valence-corrected chi connectivity index (χ0v) is 17.3. The Hall–Kier alpha value is -1.94. The molecule has 0 radical (unpaired) electrons. The average molecular weight is 429 g/mol. The number of aromatic nitrogens is 2. The molecule has 3 heterocycles. The first kappa shape index (κ1) is 21.8. The van der Waals surface area contributed by atoms with Gasteiger partial charge in [-0.3, -0.25) is 27.9 Å². The van der Waals surface area contributed by atoms with Crippen LogP contribution >= 0.6 is 7.82 Å². The predicted molar refractivity (Wildman–Crippen MR) is 101 cm³/mol. The molecular weight excluding hydrogens is 405 g/mol. The zero-order valence-electron chi connectivity index (χ0n) is 16.4. The van der Waals surface area contributed by atoms with Gasteiger partial charge in [0.2, 0.25) is 0 Å². The summed E-state index contributed by atoms with van der Waals surface area (Å²) >= 11 is 0. The van der Waals surface area contributed by atoms with Gasteiger partial charge in [-0.15, -0.1) is 0 Å². The lowest BCUT2D eigenvalue weighted by molar-refractivity contribution is -0.0733. The summed E-state index contributed by atoms with van der Waals surface area (Å²) in [5.41, 5.74) is 6.34. The summed E-state index contributed by atoms with van der Waals surface area (Å²) in [4.78, 5) is 28.6. The first-order valence-corrected chi connectivity index (χ1v) is 10.8. The number of ether oxygens (including phenoxy) is 1. The molecule has 0 aliphatic carbocycles.